The number of sulfone groups is 1. The van der Waals surface area contributed by atoms with Gasteiger partial charge in [-0.1, -0.05) is 24.3 Å². The van der Waals surface area contributed by atoms with Crippen LogP contribution in [0.2, 0.25) is 0 Å². The van der Waals surface area contributed by atoms with E-state index in [1.54, 1.807) is 0 Å². The van der Waals surface area contributed by atoms with Gasteiger partial charge >= 0.3 is 12.4 Å². The van der Waals surface area contributed by atoms with Gasteiger partial charge in [0.1, 0.15) is 10.6 Å². The number of nitrogens with zero attached hydrogens (tertiary/aromatic N) is 1. The van der Waals surface area contributed by atoms with Crippen molar-refractivity contribution in [3.63, 3.8) is 0 Å². The molecule has 5 nitrogen and oxygen atoms in total. The number of halogens is 7. The highest BCUT2D eigenvalue weighted by atomic mass is 32.2. The standard InChI is InChI=1S/C21H18F7NO4S/c1-13(30)29-11-10-18(12-29,34(32,33)17-8-6-16(22)7-9-17)14-2-4-15(5-3-14)19(31,20(23,24)25)21(26,27)28/h2-9,31H,10-12H2,1H3. The number of likely N-dealkylation sites (tertiary alicyclic amines) is 1. The lowest BCUT2D eigenvalue weighted by molar-refractivity contribution is -0.376. The van der Waals surface area contributed by atoms with Crippen molar-refractivity contribution in [2.75, 3.05) is 13.1 Å². The van der Waals surface area contributed by atoms with Gasteiger partial charge in [0.25, 0.3) is 5.60 Å². The molecule has 0 aliphatic carbocycles. The maximum atomic E-state index is 13.6. The number of rotatable bonds is 4. The number of carbonyl (C=O) groups excluding carboxylic acids is 1. The number of aliphatic hydroxyl groups is 1. The molecule has 1 atom stereocenters. The van der Waals surface area contributed by atoms with E-state index in [0.29, 0.717) is 12.1 Å². The number of carbonyl (C=O) groups is 1. The van der Waals surface area contributed by atoms with Gasteiger partial charge in [0.2, 0.25) is 5.91 Å². The number of amides is 1. The molecule has 1 fully saturated rings. The molecule has 1 unspecified atom stereocenters. The predicted molar refractivity (Wildman–Crippen MR) is 105 cm³/mol. The molecule has 0 saturated carbocycles. The second-order valence-corrected chi connectivity index (χ2v) is 10.2. The number of hydrogen-bond acceptors (Lipinski definition) is 4. The molecule has 2 aromatic carbocycles. The van der Waals surface area contributed by atoms with Crippen molar-refractivity contribution in [1.29, 1.82) is 0 Å². The van der Waals surface area contributed by atoms with Crippen LogP contribution in [-0.2, 0) is 25.0 Å². The third-order valence-corrected chi connectivity index (χ3v) is 8.46. The highest BCUT2D eigenvalue weighted by Gasteiger charge is 2.71. The summed E-state index contributed by atoms with van der Waals surface area (Å²) in [6.45, 7) is 0.702. The van der Waals surface area contributed by atoms with Crippen LogP contribution < -0.4 is 0 Å². The maximum absolute atomic E-state index is 13.6. The van der Waals surface area contributed by atoms with Crippen LogP contribution in [0.5, 0.6) is 0 Å². The molecule has 0 radical (unpaired) electrons. The molecule has 34 heavy (non-hydrogen) atoms. The van der Waals surface area contributed by atoms with E-state index in [-0.39, 0.29) is 23.4 Å². The molecule has 1 amide bonds. The third kappa shape index (κ3) is 3.94. The Morgan fingerprint density at radius 1 is 0.941 bits per heavy atom. The Hall–Kier alpha value is -2.67. The molecular formula is C21H18F7NO4S. The van der Waals surface area contributed by atoms with E-state index >= 15 is 0 Å². The molecule has 1 saturated heterocycles. The third-order valence-electron chi connectivity index (χ3n) is 5.96. The van der Waals surface area contributed by atoms with Crippen LogP contribution in [0, 0.1) is 5.82 Å². The minimum atomic E-state index is -6.11. The zero-order valence-corrected chi connectivity index (χ0v) is 18.2. The summed E-state index contributed by atoms with van der Waals surface area (Å²) in [5, 5.41) is 9.60. The van der Waals surface area contributed by atoms with Crippen molar-refractivity contribution in [1.82, 2.24) is 4.90 Å². The highest BCUT2D eigenvalue weighted by molar-refractivity contribution is 7.92. The van der Waals surface area contributed by atoms with Crippen LogP contribution in [0.25, 0.3) is 0 Å². The minimum Gasteiger partial charge on any atom is -0.369 e. The predicted octanol–water partition coefficient (Wildman–Crippen LogP) is 4.06. The van der Waals surface area contributed by atoms with E-state index in [9.17, 15) is 49.1 Å². The molecule has 13 heteroatoms. The minimum absolute atomic E-state index is 0.0491. The smallest absolute Gasteiger partial charge is 0.369 e. The fraction of sp³-hybridized carbons (Fsp3) is 0.381. The van der Waals surface area contributed by atoms with E-state index < -0.39 is 56.4 Å². The summed E-state index contributed by atoms with van der Waals surface area (Å²) in [5.74, 6) is -1.22. The number of hydrogen-bond donors (Lipinski definition) is 1. The Kier molecular flexibility index (Phi) is 6.27. The van der Waals surface area contributed by atoms with Crippen LogP contribution in [0.1, 0.15) is 24.5 Å². The normalized spacial score (nSPS) is 20.0. The number of benzene rings is 2. The molecule has 3 rings (SSSR count). The zero-order valence-electron chi connectivity index (χ0n) is 17.4. The largest absolute Gasteiger partial charge is 0.430 e. The average Bonchev–Trinajstić information content (AvgIpc) is 3.20. The Balaban J connectivity index is 2.18. The Morgan fingerprint density at radius 2 is 1.44 bits per heavy atom. The lowest BCUT2D eigenvalue weighted by atomic mass is 9.89. The lowest BCUT2D eigenvalue weighted by Crippen LogP contribution is -2.54. The molecule has 0 spiro atoms. The highest BCUT2D eigenvalue weighted by Crippen LogP contribution is 2.51. The van der Waals surface area contributed by atoms with Crippen LogP contribution in [0.3, 0.4) is 0 Å². The summed E-state index contributed by atoms with van der Waals surface area (Å²) in [4.78, 5) is 12.7. The topological polar surface area (TPSA) is 74.7 Å². The second kappa shape index (κ2) is 8.22. The summed E-state index contributed by atoms with van der Waals surface area (Å²) in [7, 11) is -4.41. The molecular weight excluding hydrogens is 495 g/mol. The van der Waals surface area contributed by atoms with Crippen LogP contribution in [0.4, 0.5) is 30.7 Å². The molecule has 1 aliphatic rings. The second-order valence-electron chi connectivity index (χ2n) is 7.93. The van der Waals surface area contributed by atoms with Gasteiger partial charge in [-0.25, -0.2) is 12.8 Å². The van der Waals surface area contributed by atoms with Gasteiger partial charge in [0.05, 0.1) is 4.90 Å². The average molecular weight is 513 g/mol. The molecule has 186 valence electrons. The van der Waals surface area contributed by atoms with Gasteiger partial charge in [0.15, 0.2) is 9.84 Å². The van der Waals surface area contributed by atoms with Crippen molar-refractivity contribution >= 4 is 15.7 Å². The summed E-state index contributed by atoms with van der Waals surface area (Å²) in [6.07, 6.45) is -12.4. The fourth-order valence-corrected chi connectivity index (χ4v) is 6.08. The first-order valence-corrected chi connectivity index (χ1v) is 11.2. The van der Waals surface area contributed by atoms with Crippen molar-refractivity contribution in [3.8, 4) is 0 Å². The monoisotopic (exact) mass is 513 g/mol. The van der Waals surface area contributed by atoms with Gasteiger partial charge in [-0.05, 0) is 36.2 Å². The number of alkyl halides is 6. The van der Waals surface area contributed by atoms with Gasteiger partial charge in [-0.3, -0.25) is 4.79 Å². The first kappa shape index (κ1) is 25.9. The van der Waals surface area contributed by atoms with E-state index in [4.69, 9.17) is 0 Å². The van der Waals surface area contributed by atoms with Crippen LogP contribution in [0.15, 0.2) is 53.4 Å². The molecule has 0 bridgehead atoms. The quantitative estimate of drug-likeness (QED) is 0.495. The summed E-state index contributed by atoms with van der Waals surface area (Å²) < 4.78 is 118. The van der Waals surface area contributed by atoms with E-state index in [1.165, 1.54) is 11.8 Å². The SMILES string of the molecule is CC(=O)N1CCC(c2ccc(C(O)(C(F)(F)F)C(F)(F)F)cc2)(S(=O)(=O)c2ccc(F)cc2)C1. The van der Waals surface area contributed by atoms with Crippen molar-refractivity contribution in [2.24, 2.45) is 0 Å². The molecule has 1 heterocycles. The fourth-order valence-electron chi connectivity index (χ4n) is 4.00. The molecule has 1 aliphatic heterocycles. The first-order valence-electron chi connectivity index (χ1n) is 9.70. The van der Waals surface area contributed by atoms with Gasteiger partial charge < -0.3 is 10.0 Å². The van der Waals surface area contributed by atoms with E-state index in [2.05, 4.69) is 0 Å². The Labute approximate surface area is 189 Å². The summed E-state index contributed by atoms with van der Waals surface area (Å²) in [6, 6.07) is 5.93. The zero-order chi connectivity index (χ0) is 25.7. The molecule has 0 aromatic heterocycles. The van der Waals surface area contributed by atoms with Gasteiger partial charge in [0, 0.05) is 25.6 Å². The Bertz CT molecular complexity index is 1160. The summed E-state index contributed by atoms with van der Waals surface area (Å²) >= 11 is 0. The van der Waals surface area contributed by atoms with E-state index in [1.807, 2.05) is 0 Å². The van der Waals surface area contributed by atoms with Gasteiger partial charge in [-0.15, -0.1) is 0 Å². The van der Waals surface area contributed by atoms with Gasteiger partial charge in [-0.2, -0.15) is 26.3 Å². The van der Waals surface area contributed by atoms with Crippen LogP contribution in [-0.4, -0.2) is 49.8 Å². The van der Waals surface area contributed by atoms with E-state index in [0.717, 1.165) is 36.4 Å². The molecule has 2 aromatic rings. The van der Waals surface area contributed by atoms with Crippen LogP contribution >= 0.6 is 0 Å². The van der Waals surface area contributed by atoms with Crippen molar-refractivity contribution < 1.29 is 49.1 Å². The summed E-state index contributed by atoms with van der Waals surface area (Å²) in [5.41, 5.74) is -6.91. The maximum Gasteiger partial charge on any atom is 0.430 e. The van der Waals surface area contributed by atoms with Crippen molar-refractivity contribution in [3.05, 3.63) is 65.5 Å². The van der Waals surface area contributed by atoms with Crippen molar-refractivity contribution in [2.45, 2.75) is 40.9 Å². The Morgan fingerprint density at radius 3 is 1.85 bits per heavy atom. The lowest BCUT2D eigenvalue weighted by Gasteiger charge is -2.34. The molecule has 1 N–H and O–H groups in total. The first-order chi connectivity index (χ1) is 15.5.